The molecule has 4 amide bonds. The van der Waals surface area contributed by atoms with Crippen LogP contribution in [0.4, 0.5) is 11.4 Å². The Hall–Kier alpha value is -4.70. The van der Waals surface area contributed by atoms with Crippen molar-refractivity contribution in [2.45, 2.75) is 40.7 Å². The smallest absolute Gasteiger partial charge is 0.259 e. The van der Waals surface area contributed by atoms with Crippen molar-refractivity contribution >= 4 is 68.0 Å². The minimum Gasteiger partial charge on any atom is -0.361 e. The predicted molar refractivity (Wildman–Crippen MR) is 161 cm³/mol. The molecule has 10 heteroatoms. The van der Waals surface area contributed by atoms with Crippen molar-refractivity contribution < 1.29 is 19.2 Å². The zero-order chi connectivity index (χ0) is 29.3. The summed E-state index contributed by atoms with van der Waals surface area (Å²) in [5.41, 5.74) is 4.56. The van der Waals surface area contributed by atoms with Gasteiger partial charge in [-0.1, -0.05) is 13.8 Å². The Morgan fingerprint density at radius 1 is 0.854 bits per heavy atom. The summed E-state index contributed by atoms with van der Waals surface area (Å²) in [4.78, 5) is 55.7. The van der Waals surface area contributed by atoms with E-state index >= 15 is 0 Å². The maximum Gasteiger partial charge on any atom is 0.259 e. The molecule has 0 fully saturated rings. The van der Waals surface area contributed by atoms with E-state index in [4.69, 9.17) is 0 Å². The van der Waals surface area contributed by atoms with E-state index in [1.54, 1.807) is 18.3 Å². The molecule has 1 aliphatic rings. The average molecular weight is 555 g/mol. The Labute approximate surface area is 237 Å². The van der Waals surface area contributed by atoms with Crippen LogP contribution in [0.5, 0.6) is 0 Å². The van der Waals surface area contributed by atoms with E-state index in [2.05, 4.69) is 44.2 Å². The van der Waals surface area contributed by atoms with E-state index in [0.717, 1.165) is 49.0 Å². The Morgan fingerprint density at radius 2 is 1.46 bits per heavy atom. The summed E-state index contributed by atoms with van der Waals surface area (Å²) >= 11 is 0. The number of carbonyl (C=O) groups excluding carboxylic acids is 4. The van der Waals surface area contributed by atoms with E-state index in [1.807, 2.05) is 30.5 Å². The first kappa shape index (κ1) is 27.9. The van der Waals surface area contributed by atoms with Crippen molar-refractivity contribution in [3.05, 3.63) is 59.9 Å². The zero-order valence-corrected chi connectivity index (χ0v) is 23.7. The molecule has 0 aliphatic carbocycles. The van der Waals surface area contributed by atoms with Gasteiger partial charge in [0, 0.05) is 77.1 Å². The fraction of sp³-hybridized carbons (Fsp3) is 0.290. The third kappa shape index (κ3) is 5.51. The van der Waals surface area contributed by atoms with Crippen LogP contribution in [0, 0.1) is 0 Å². The van der Waals surface area contributed by atoms with Crippen molar-refractivity contribution in [2.24, 2.45) is 0 Å². The Bertz CT molecular complexity index is 1720. The normalized spacial score (nSPS) is 13.5. The van der Waals surface area contributed by atoms with Crippen LogP contribution in [-0.4, -0.2) is 57.7 Å². The maximum absolute atomic E-state index is 13.4. The molecule has 0 bridgehead atoms. The lowest BCUT2D eigenvalue weighted by molar-refractivity contribution is -0.123. The average Bonchev–Trinajstić information content (AvgIpc) is 3.58. The molecule has 1 aliphatic heterocycles. The van der Waals surface area contributed by atoms with Crippen LogP contribution >= 0.6 is 0 Å². The van der Waals surface area contributed by atoms with Crippen LogP contribution in [0.2, 0.25) is 0 Å². The number of aromatic nitrogens is 2. The largest absolute Gasteiger partial charge is 0.361 e. The summed E-state index contributed by atoms with van der Waals surface area (Å²) in [6.45, 7) is 10.8. The van der Waals surface area contributed by atoms with Crippen molar-refractivity contribution in [1.29, 1.82) is 0 Å². The number of fused-ring (bicyclic) bond motifs is 2. The van der Waals surface area contributed by atoms with Gasteiger partial charge in [0.15, 0.2) is 0 Å². The third-order valence-corrected chi connectivity index (χ3v) is 7.44. The molecule has 2 aromatic carbocycles. The Kier molecular flexibility index (Phi) is 7.76. The third-order valence-electron chi connectivity index (χ3n) is 7.44. The second-order valence-electron chi connectivity index (χ2n) is 10.2. The van der Waals surface area contributed by atoms with Crippen molar-refractivity contribution in [2.75, 3.05) is 30.3 Å². The topological polar surface area (TPSA) is 128 Å². The molecule has 0 spiro atoms. The van der Waals surface area contributed by atoms with Gasteiger partial charge in [0.2, 0.25) is 11.8 Å². The van der Waals surface area contributed by atoms with Gasteiger partial charge in [-0.05, 0) is 62.5 Å². The maximum atomic E-state index is 13.4. The van der Waals surface area contributed by atoms with Gasteiger partial charge in [-0.2, -0.15) is 0 Å². The van der Waals surface area contributed by atoms with Crippen molar-refractivity contribution in [1.82, 2.24) is 19.8 Å². The number of hydrogen-bond acceptors (Lipinski definition) is 5. The van der Waals surface area contributed by atoms with Gasteiger partial charge in [-0.3, -0.25) is 24.5 Å². The van der Waals surface area contributed by atoms with Gasteiger partial charge in [-0.15, -0.1) is 0 Å². The first-order valence-corrected chi connectivity index (χ1v) is 13.8. The first-order valence-electron chi connectivity index (χ1n) is 13.8. The van der Waals surface area contributed by atoms with E-state index in [0.29, 0.717) is 27.9 Å². The Morgan fingerprint density at radius 3 is 2.10 bits per heavy atom. The summed E-state index contributed by atoms with van der Waals surface area (Å²) in [6.07, 6.45) is 4.54. The molecule has 5 rings (SSSR count). The summed E-state index contributed by atoms with van der Waals surface area (Å²) in [5.74, 6) is -1.38. The summed E-state index contributed by atoms with van der Waals surface area (Å²) in [6, 6.07) is 11.0. The van der Waals surface area contributed by atoms with Crippen LogP contribution in [0.25, 0.3) is 33.0 Å². The minimum atomic E-state index is -0.490. The molecule has 4 aromatic rings. The van der Waals surface area contributed by atoms with Gasteiger partial charge >= 0.3 is 0 Å². The van der Waals surface area contributed by atoms with Gasteiger partial charge < -0.3 is 25.1 Å². The van der Waals surface area contributed by atoms with Gasteiger partial charge in [0.05, 0.1) is 11.1 Å². The van der Waals surface area contributed by atoms with E-state index in [1.165, 1.54) is 13.8 Å². The summed E-state index contributed by atoms with van der Waals surface area (Å²) in [5, 5.41) is 9.55. The molecule has 0 unspecified atom stereocenters. The highest BCUT2D eigenvalue weighted by molar-refractivity contribution is 6.50. The zero-order valence-electron chi connectivity index (χ0n) is 23.7. The lowest BCUT2D eigenvalue weighted by Gasteiger charge is -2.18. The van der Waals surface area contributed by atoms with Crippen LogP contribution in [-0.2, 0) is 25.7 Å². The number of carbonyl (C=O) groups is 4. The highest BCUT2D eigenvalue weighted by Crippen LogP contribution is 2.39. The number of imide groups is 1. The fourth-order valence-corrected chi connectivity index (χ4v) is 5.54. The van der Waals surface area contributed by atoms with Gasteiger partial charge in [0.1, 0.15) is 0 Å². The number of benzene rings is 2. The summed E-state index contributed by atoms with van der Waals surface area (Å²) < 4.78 is 2.11. The highest BCUT2D eigenvalue weighted by Gasteiger charge is 2.35. The lowest BCUT2D eigenvalue weighted by Crippen LogP contribution is -2.24. The predicted octanol–water partition coefficient (Wildman–Crippen LogP) is 4.34. The van der Waals surface area contributed by atoms with E-state index < -0.39 is 11.8 Å². The number of aromatic amines is 1. The van der Waals surface area contributed by atoms with E-state index in [9.17, 15) is 19.2 Å². The molecule has 212 valence electrons. The second kappa shape index (κ2) is 11.4. The summed E-state index contributed by atoms with van der Waals surface area (Å²) in [7, 11) is 0. The molecule has 0 atom stereocenters. The molecular formula is C31H34N6O4. The number of amides is 4. The molecule has 0 saturated heterocycles. The number of nitrogens with zero attached hydrogens (tertiary/aromatic N) is 2. The number of H-pyrrole nitrogens is 1. The fourth-order valence-electron chi connectivity index (χ4n) is 5.54. The first-order chi connectivity index (χ1) is 19.7. The van der Waals surface area contributed by atoms with Crippen molar-refractivity contribution in [3.8, 4) is 0 Å². The monoisotopic (exact) mass is 554 g/mol. The molecule has 2 aromatic heterocycles. The van der Waals surface area contributed by atoms with E-state index in [-0.39, 0.29) is 23.0 Å². The van der Waals surface area contributed by atoms with Crippen LogP contribution in [0.15, 0.2) is 48.8 Å². The van der Waals surface area contributed by atoms with Gasteiger partial charge in [0.25, 0.3) is 11.8 Å². The molecule has 10 nitrogen and oxygen atoms in total. The highest BCUT2D eigenvalue weighted by atomic mass is 16.2. The molecule has 4 N–H and O–H groups in total. The van der Waals surface area contributed by atoms with Crippen LogP contribution < -0.4 is 16.0 Å². The van der Waals surface area contributed by atoms with Gasteiger partial charge in [-0.25, -0.2) is 0 Å². The minimum absolute atomic E-state index is 0.202. The van der Waals surface area contributed by atoms with Crippen LogP contribution in [0.3, 0.4) is 0 Å². The standard InChI is InChI=1S/C31H34N6O4/c1-5-36(6-2)12-7-13-37-17-25(23-15-21(34-19(4)39)9-11-27(23)37)29-28(30(40)35-31(29)41)24-16-32-26-10-8-20(14-22(24)26)33-18(3)38/h8-11,14-17,32H,5-7,12-13H2,1-4H3,(H,33,38)(H,34,39)(H,35,40,41). The number of anilines is 2. The number of nitrogens with one attached hydrogen (secondary N) is 4. The van der Waals surface area contributed by atoms with Crippen molar-refractivity contribution in [3.63, 3.8) is 0 Å². The molecule has 0 radical (unpaired) electrons. The number of hydrogen-bond donors (Lipinski definition) is 4. The lowest BCUT2D eigenvalue weighted by atomic mass is 9.95. The second-order valence-corrected chi connectivity index (χ2v) is 10.2. The molecular weight excluding hydrogens is 520 g/mol. The molecule has 3 heterocycles. The van der Waals surface area contributed by atoms with Crippen LogP contribution in [0.1, 0.15) is 45.2 Å². The molecule has 0 saturated carbocycles. The number of rotatable bonds is 10. The SMILES string of the molecule is CCN(CC)CCCn1cc(C2=C(c3c[nH]c4ccc(NC(C)=O)cc34)C(=O)NC2=O)c2cc(NC(C)=O)ccc21. The Balaban J connectivity index is 1.68. The number of aryl methyl sites for hydroxylation is 1. The molecule has 41 heavy (non-hydrogen) atoms. The quantitative estimate of drug-likeness (QED) is 0.217.